The third-order valence-corrected chi connectivity index (χ3v) is 6.70. The lowest BCUT2D eigenvalue weighted by Gasteiger charge is -2.29. The summed E-state index contributed by atoms with van der Waals surface area (Å²) >= 11 is 0. The van der Waals surface area contributed by atoms with E-state index in [1.54, 1.807) is 30.3 Å². The molecular weight excluding hydrogens is 563 g/mol. The molecule has 0 radical (unpaired) electrons. The monoisotopic (exact) mass is 591 g/mol. The third-order valence-electron chi connectivity index (χ3n) is 6.70. The van der Waals surface area contributed by atoms with Gasteiger partial charge in [-0.25, -0.2) is 4.39 Å². The van der Waals surface area contributed by atoms with Crippen molar-refractivity contribution in [2.75, 3.05) is 11.4 Å². The molecule has 4 aromatic rings. The van der Waals surface area contributed by atoms with Crippen molar-refractivity contribution in [2.24, 2.45) is 0 Å². The van der Waals surface area contributed by atoms with Crippen molar-refractivity contribution in [1.82, 2.24) is 0 Å². The number of ether oxygens (including phenoxy) is 1. The van der Waals surface area contributed by atoms with E-state index in [0.717, 1.165) is 29.8 Å². The summed E-state index contributed by atoms with van der Waals surface area (Å²) in [6, 6.07) is 20.4. The molecule has 0 saturated carbocycles. The Bertz CT molecular complexity index is 1520. The minimum absolute atomic E-state index is 0.143. The van der Waals surface area contributed by atoms with E-state index >= 15 is 0 Å². The topological polar surface area (TPSA) is 32.7 Å². The first-order valence-electron chi connectivity index (χ1n) is 13.0. The van der Waals surface area contributed by atoms with Crippen LogP contribution in [0.3, 0.4) is 0 Å². The lowest BCUT2D eigenvalue weighted by Crippen LogP contribution is -2.29. The van der Waals surface area contributed by atoms with Gasteiger partial charge in [-0.15, -0.1) is 0 Å². The van der Waals surface area contributed by atoms with E-state index < -0.39 is 41.9 Å². The number of alkyl halides is 6. The molecule has 1 unspecified atom stereocenters. The maximum absolute atomic E-state index is 14.8. The van der Waals surface area contributed by atoms with E-state index in [0.29, 0.717) is 23.3 Å². The van der Waals surface area contributed by atoms with Crippen molar-refractivity contribution in [3.8, 4) is 11.5 Å². The van der Waals surface area contributed by atoms with Gasteiger partial charge in [0.05, 0.1) is 17.2 Å². The molecule has 222 valence electrons. The van der Waals surface area contributed by atoms with Crippen LogP contribution in [-0.2, 0) is 18.9 Å². The lowest BCUT2D eigenvalue weighted by atomic mass is 10.0. The molecule has 10 heteroatoms. The molecule has 0 heterocycles. The first-order valence-corrected chi connectivity index (χ1v) is 13.0. The normalized spacial score (nSPS) is 12.8. The van der Waals surface area contributed by atoms with Crippen LogP contribution in [0.2, 0.25) is 0 Å². The van der Waals surface area contributed by atoms with E-state index in [4.69, 9.17) is 4.74 Å². The Morgan fingerprint density at radius 1 is 0.762 bits per heavy atom. The van der Waals surface area contributed by atoms with Crippen molar-refractivity contribution >= 4 is 5.69 Å². The number of hydrogen-bond acceptors (Lipinski definition) is 3. The highest BCUT2D eigenvalue weighted by atomic mass is 19.4. The Morgan fingerprint density at radius 2 is 1.43 bits per heavy atom. The molecule has 3 nitrogen and oxygen atoms in total. The molecule has 4 aromatic carbocycles. The quantitative estimate of drug-likeness (QED) is 0.197. The van der Waals surface area contributed by atoms with Gasteiger partial charge in [0, 0.05) is 30.4 Å². The van der Waals surface area contributed by atoms with Crippen LogP contribution in [0.25, 0.3) is 0 Å². The van der Waals surface area contributed by atoms with Crippen LogP contribution in [-0.4, -0.2) is 11.7 Å². The zero-order valence-corrected chi connectivity index (χ0v) is 22.7. The highest BCUT2D eigenvalue weighted by molar-refractivity contribution is 5.53. The summed E-state index contributed by atoms with van der Waals surface area (Å²) in [5.74, 6) is 0.00211. The summed E-state index contributed by atoms with van der Waals surface area (Å²) in [7, 11) is 0. The standard InChI is InChI=1S/C32H28F7NO2/c1-20(2)21-7-5-9-25(15-21)42-26-10-6-8-24(17-26)40(18-22-13-14-23(16-29(22)33)31(34,35)36)19-30(41)27-11-3-4-12-28(27)32(37,38)39/h3-17,20,30,41H,18-19H2,1-2H3. The summed E-state index contributed by atoms with van der Waals surface area (Å²) in [4.78, 5) is 1.39. The number of aliphatic hydroxyl groups is 1. The Kier molecular flexibility index (Phi) is 9.15. The fourth-order valence-corrected chi connectivity index (χ4v) is 4.49. The number of aliphatic hydroxyl groups excluding tert-OH is 1. The SMILES string of the molecule is CC(C)c1cccc(Oc2cccc(N(Cc3ccc(C(F)(F)F)cc3F)CC(O)c3ccccc3C(F)(F)F)c2)c1. The van der Waals surface area contributed by atoms with Gasteiger partial charge in [-0.2, -0.15) is 26.3 Å². The molecule has 1 atom stereocenters. The van der Waals surface area contributed by atoms with Crippen LogP contribution in [0.15, 0.2) is 91.0 Å². The van der Waals surface area contributed by atoms with Crippen molar-refractivity contribution in [2.45, 2.75) is 44.8 Å². The van der Waals surface area contributed by atoms with Gasteiger partial charge in [-0.1, -0.05) is 56.3 Å². The van der Waals surface area contributed by atoms with Gasteiger partial charge in [-0.3, -0.25) is 0 Å². The number of rotatable bonds is 9. The van der Waals surface area contributed by atoms with E-state index in [9.17, 15) is 35.8 Å². The van der Waals surface area contributed by atoms with Gasteiger partial charge in [0.25, 0.3) is 0 Å². The molecule has 0 fully saturated rings. The molecule has 42 heavy (non-hydrogen) atoms. The predicted octanol–water partition coefficient (Wildman–Crippen LogP) is 9.52. The molecule has 0 aliphatic rings. The Labute approximate surface area is 238 Å². The van der Waals surface area contributed by atoms with Crippen LogP contribution in [0.1, 0.15) is 53.7 Å². The van der Waals surface area contributed by atoms with E-state index in [-0.39, 0.29) is 23.6 Å². The fraction of sp³-hybridized carbons (Fsp3) is 0.250. The second-order valence-electron chi connectivity index (χ2n) is 10.1. The van der Waals surface area contributed by atoms with E-state index in [1.165, 1.54) is 17.0 Å². The highest BCUT2D eigenvalue weighted by Gasteiger charge is 2.35. The largest absolute Gasteiger partial charge is 0.457 e. The minimum atomic E-state index is -4.75. The second kappa shape index (κ2) is 12.4. The molecule has 4 rings (SSSR count). The summed E-state index contributed by atoms with van der Waals surface area (Å²) in [6.07, 6.45) is -11.2. The lowest BCUT2D eigenvalue weighted by molar-refractivity contribution is -0.139. The Hall–Kier alpha value is -4.05. The van der Waals surface area contributed by atoms with Gasteiger partial charge in [0.15, 0.2) is 0 Å². The molecule has 0 aliphatic carbocycles. The van der Waals surface area contributed by atoms with Crippen molar-refractivity contribution in [3.63, 3.8) is 0 Å². The van der Waals surface area contributed by atoms with Gasteiger partial charge in [0.1, 0.15) is 17.3 Å². The maximum Gasteiger partial charge on any atom is 0.416 e. The highest BCUT2D eigenvalue weighted by Crippen LogP contribution is 2.36. The molecule has 0 saturated heterocycles. The van der Waals surface area contributed by atoms with Crippen LogP contribution in [0.5, 0.6) is 11.5 Å². The molecule has 0 aromatic heterocycles. The van der Waals surface area contributed by atoms with Gasteiger partial charge in [0.2, 0.25) is 0 Å². The van der Waals surface area contributed by atoms with E-state index in [1.807, 2.05) is 32.0 Å². The average molecular weight is 592 g/mol. The molecule has 0 bridgehead atoms. The van der Waals surface area contributed by atoms with Crippen LogP contribution >= 0.6 is 0 Å². The summed E-state index contributed by atoms with van der Waals surface area (Å²) in [5, 5.41) is 11.0. The molecule has 0 aliphatic heterocycles. The fourth-order valence-electron chi connectivity index (χ4n) is 4.49. The summed E-state index contributed by atoms with van der Waals surface area (Å²) < 4.78 is 101. The molecule has 1 N–H and O–H groups in total. The van der Waals surface area contributed by atoms with E-state index in [2.05, 4.69) is 0 Å². The van der Waals surface area contributed by atoms with Crippen LogP contribution < -0.4 is 9.64 Å². The average Bonchev–Trinajstić information content (AvgIpc) is 2.93. The number of benzene rings is 4. The molecular formula is C32H28F7NO2. The maximum atomic E-state index is 14.8. The molecule has 0 amide bonds. The van der Waals surface area contributed by atoms with Crippen molar-refractivity contribution in [3.05, 3.63) is 125 Å². The zero-order valence-electron chi connectivity index (χ0n) is 22.7. The van der Waals surface area contributed by atoms with Gasteiger partial charge >= 0.3 is 12.4 Å². The van der Waals surface area contributed by atoms with Crippen LogP contribution in [0.4, 0.5) is 36.4 Å². The first kappa shape index (κ1) is 30.9. The number of nitrogens with zero attached hydrogens (tertiary/aromatic N) is 1. The molecule has 0 spiro atoms. The Morgan fingerprint density at radius 3 is 2.07 bits per heavy atom. The van der Waals surface area contributed by atoms with Crippen LogP contribution in [0, 0.1) is 5.82 Å². The Balaban J connectivity index is 1.69. The third kappa shape index (κ3) is 7.61. The number of halogens is 7. The van der Waals surface area contributed by atoms with Gasteiger partial charge < -0.3 is 14.7 Å². The predicted molar refractivity (Wildman–Crippen MR) is 146 cm³/mol. The zero-order chi connectivity index (χ0) is 30.7. The minimum Gasteiger partial charge on any atom is -0.457 e. The number of anilines is 1. The summed E-state index contributed by atoms with van der Waals surface area (Å²) in [6.45, 7) is 3.28. The number of hydrogen-bond donors (Lipinski definition) is 1. The summed E-state index contributed by atoms with van der Waals surface area (Å²) in [5.41, 5.74) is -1.35. The van der Waals surface area contributed by atoms with Crippen molar-refractivity contribution in [1.29, 1.82) is 0 Å². The van der Waals surface area contributed by atoms with Crippen molar-refractivity contribution < 1.29 is 40.6 Å². The first-order chi connectivity index (χ1) is 19.7. The second-order valence-corrected chi connectivity index (χ2v) is 10.1. The smallest absolute Gasteiger partial charge is 0.416 e. The van der Waals surface area contributed by atoms with Gasteiger partial charge in [-0.05, 0) is 59.5 Å².